The van der Waals surface area contributed by atoms with E-state index in [2.05, 4.69) is 15.8 Å². The van der Waals surface area contributed by atoms with Crippen molar-refractivity contribution in [2.75, 3.05) is 0 Å². The molecule has 0 aromatic heterocycles. The van der Waals surface area contributed by atoms with Gasteiger partial charge < -0.3 is 10.1 Å². The van der Waals surface area contributed by atoms with Gasteiger partial charge in [0.2, 0.25) is 0 Å². The van der Waals surface area contributed by atoms with E-state index in [1.807, 2.05) is 26.0 Å². The molecule has 0 saturated heterocycles. The van der Waals surface area contributed by atoms with E-state index in [0.29, 0.717) is 31.9 Å². The molecular weight excluding hydrogens is 544 g/mol. The Balaban J connectivity index is 1.64. The van der Waals surface area contributed by atoms with Crippen molar-refractivity contribution in [3.05, 3.63) is 97.4 Å². The number of carbonyl (C=O) groups excluding carboxylic acids is 2. The predicted octanol–water partition coefficient (Wildman–Crippen LogP) is 6.78. The van der Waals surface area contributed by atoms with E-state index >= 15 is 0 Å². The first-order valence-electron chi connectivity index (χ1n) is 10.9. The van der Waals surface area contributed by atoms with Crippen LogP contribution in [-0.2, 0) is 11.4 Å². The Labute approximate surface area is 229 Å². The fourth-order valence-electron chi connectivity index (χ4n) is 3.14. The third-order valence-electron chi connectivity index (χ3n) is 5.11. The van der Waals surface area contributed by atoms with Gasteiger partial charge in [0.1, 0.15) is 18.4 Å². The molecule has 0 heterocycles. The van der Waals surface area contributed by atoms with E-state index in [1.165, 1.54) is 24.4 Å². The molecule has 3 aromatic rings. The summed E-state index contributed by atoms with van der Waals surface area (Å²) < 4.78 is 5.90. The second-order valence-electron chi connectivity index (χ2n) is 8.12. The van der Waals surface area contributed by atoms with Crippen molar-refractivity contribution < 1.29 is 14.3 Å². The van der Waals surface area contributed by atoms with Gasteiger partial charge in [0.05, 0.1) is 16.3 Å². The summed E-state index contributed by atoms with van der Waals surface area (Å²) in [6, 6.07) is 16.1. The summed E-state index contributed by atoms with van der Waals surface area (Å²) in [5.41, 5.74) is 4.19. The van der Waals surface area contributed by atoms with Gasteiger partial charge in [-0.3, -0.25) is 9.59 Å². The molecule has 0 fully saturated rings. The van der Waals surface area contributed by atoms with Gasteiger partial charge in [-0.15, -0.1) is 0 Å². The number of benzene rings is 3. The highest BCUT2D eigenvalue weighted by atomic mass is 35.5. The molecule has 0 spiro atoms. The molecule has 10 heteroatoms. The third-order valence-corrected chi connectivity index (χ3v) is 6.44. The van der Waals surface area contributed by atoms with E-state index in [-0.39, 0.29) is 17.5 Å². The lowest BCUT2D eigenvalue weighted by Gasteiger charge is -2.20. The number of rotatable bonds is 9. The zero-order valence-electron chi connectivity index (χ0n) is 19.4. The van der Waals surface area contributed by atoms with Crippen molar-refractivity contribution >= 4 is 64.4 Å². The van der Waals surface area contributed by atoms with Gasteiger partial charge in [0.25, 0.3) is 11.8 Å². The molecule has 3 rings (SSSR count). The molecule has 188 valence electrons. The van der Waals surface area contributed by atoms with Crippen LogP contribution >= 0.6 is 46.4 Å². The van der Waals surface area contributed by atoms with Crippen LogP contribution in [0.3, 0.4) is 0 Å². The summed E-state index contributed by atoms with van der Waals surface area (Å²) in [7, 11) is 0. The maximum Gasteiger partial charge on any atom is 0.262 e. The summed E-state index contributed by atoms with van der Waals surface area (Å²) in [4.78, 5) is 25.4. The van der Waals surface area contributed by atoms with Gasteiger partial charge in [0.15, 0.2) is 0 Å². The molecule has 2 amide bonds. The molecule has 1 atom stereocenters. The third kappa shape index (κ3) is 7.61. The maximum absolute atomic E-state index is 12.8. The molecular formula is C26H23Cl4N3O3. The van der Waals surface area contributed by atoms with Crippen LogP contribution in [0.15, 0.2) is 65.8 Å². The zero-order chi connectivity index (χ0) is 26.2. The van der Waals surface area contributed by atoms with Crippen molar-refractivity contribution in [1.82, 2.24) is 10.7 Å². The van der Waals surface area contributed by atoms with Crippen molar-refractivity contribution in [3.63, 3.8) is 0 Å². The van der Waals surface area contributed by atoms with E-state index in [9.17, 15) is 9.59 Å². The molecule has 0 aliphatic rings. The quantitative estimate of drug-likeness (QED) is 0.221. The Morgan fingerprint density at radius 2 is 1.69 bits per heavy atom. The molecule has 36 heavy (non-hydrogen) atoms. The predicted molar refractivity (Wildman–Crippen MR) is 146 cm³/mol. The molecule has 3 aromatic carbocycles. The van der Waals surface area contributed by atoms with Crippen molar-refractivity contribution in [2.24, 2.45) is 11.0 Å². The second-order valence-corrected chi connectivity index (χ2v) is 9.78. The number of nitrogens with one attached hydrogen (secondary N) is 2. The van der Waals surface area contributed by atoms with E-state index in [0.717, 1.165) is 5.56 Å². The Kier molecular flexibility index (Phi) is 10.0. The normalized spacial score (nSPS) is 12.0. The first kappa shape index (κ1) is 27.8. The Morgan fingerprint density at radius 1 is 0.944 bits per heavy atom. The van der Waals surface area contributed by atoms with Gasteiger partial charge in [-0.05, 0) is 48.4 Å². The largest absolute Gasteiger partial charge is 0.488 e. The summed E-state index contributed by atoms with van der Waals surface area (Å²) in [5.74, 6) is -0.575. The fraction of sp³-hybridized carbons (Fsp3) is 0.192. The number of amides is 2. The van der Waals surface area contributed by atoms with Crippen LogP contribution in [0.5, 0.6) is 5.75 Å². The van der Waals surface area contributed by atoms with Crippen LogP contribution in [0.2, 0.25) is 20.1 Å². The molecule has 2 N–H and O–H groups in total. The minimum Gasteiger partial charge on any atom is -0.488 e. The smallest absolute Gasteiger partial charge is 0.262 e. The number of hydrazone groups is 1. The second kappa shape index (κ2) is 13.0. The Bertz CT molecular complexity index is 1280. The fourth-order valence-corrected chi connectivity index (χ4v) is 3.91. The topological polar surface area (TPSA) is 79.8 Å². The first-order valence-corrected chi connectivity index (χ1v) is 12.4. The minimum atomic E-state index is -0.831. The molecule has 1 unspecified atom stereocenters. The first-order chi connectivity index (χ1) is 17.2. The van der Waals surface area contributed by atoms with Gasteiger partial charge in [-0.1, -0.05) is 78.5 Å². The molecule has 0 saturated carbocycles. The highest BCUT2D eigenvalue weighted by Gasteiger charge is 2.24. The number of halogens is 4. The van der Waals surface area contributed by atoms with Crippen LogP contribution in [0, 0.1) is 5.92 Å². The average Bonchev–Trinajstić information content (AvgIpc) is 2.84. The number of hydrogen-bond acceptors (Lipinski definition) is 4. The molecule has 0 radical (unpaired) electrons. The lowest BCUT2D eigenvalue weighted by molar-refractivity contribution is -0.123. The highest BCUT2D eigenvalue weighted by Crippen LogP contribution is 2.24. The lowest BCUT2D eigenvalue weighted by Crippen LogP contribution is -2.48. The minimum absolute atomic E-state index is 0.202. The monoisotopic (exact) mass is 565 g/mol. The Morgan fingerprint density at radius 3 is 2.39 bits per heavy atom. The molecule has 0 bridgehead atoms. The van der Waals surface area contributed by atoms with Crippen molar-refractivity contribution in [3.8, 4) is 5.75 Å². The van der Waals surface area contributed by atoms with Gasteiger partial charge in [-0.2, -0.15) is 5.10 Å². The average molecular weight is 567 g/mol. The summed E-state index contributed by atoms with van der Waals surface area (Å²) >= 11 is 24.1. The Hall–Kier alpha value is -2.77. The summed E-state index contributed by atoms with van der Waals surface area (Å²) in [5, 5.41) is 8.40. The summed E-state index contributed by atoms with van der Waals surface area (Å²) in [6.07, 6.45) is 1.47. The van der Waals surface area contributed by atoms with Crippen molar-refractivity contribution in [1.29, 1.82) is 0 Å². The van der Waals surface area contributed by atoms with Crippen molar-refractivity contribution in [2.45, 2.75) is 26.5 Å². The van der Waals surface area contributed by atoms with E-state index < -0.39 is 17.9 Å². The zero-order valence-corrected chi connectivity index (χ0v) is 22.4. The van der Waals surface area contributed by atoms with E-state index in [4.69, 9.17) is 51.1 Å². The maximum atomic E-state index is 12.8. The number of para-hydroxylation sites is 1. The van der Waals surface area contributed by atoms with Crippen LogP contribution < -0.4 is 15.5 Å². The SMILES string of the molecule is CC(C)C(NC(=O)c1ccc(Cl)c(Cl)c1)C(=O)N/N=C/c1ccccc1OCc1ccc(Cl)cc1Cl. The van der Waals surface area contributed by atoms with Gasteiger partial charge >= 0.3 is 0 Å². The standard InChI is InChI=1S/C26H23Cl4N3O3/c1-15(2)24(32-25(34)16-8-10-20(28)22(30)11-16)26(35)33-31-13-17-5-3-4-6-23(17)36-14-18-7-9-19(27)12-21(18)29/h3-13,15,24H,14H2,1-2H3,(H,32,34)(H,33,35)/b31-13+. The molecule has 0 aliphatic heterocycles. The number of ether oxygens (including phenoxy) is 1. The van der Waals surface area contributed by atoms with Gasteiger partial charge in [-0.25, -0.2) is 5.43 Å². The van der Waals surface area contributed by atoms with Crippen LogP contribution in [0.25, 0.3) is 0 Å². The molecule has 6 nitrogen and oxygen atoms in total. The number of nitrogens with zero attached hydrogens (tertiary/aromatic N) is 1. The number of carbonyl (C=O) groups is 2. The highest BCUT2D eigenvalue weighted by molar-refractivity contribution is 6.42. The van der Waals surface area contributed by atoms with Crippen LogP contribution in [0.1, 0.15) is 35.3 Å². The number of hydrogen-bond donors (Lipinski definition) is 2. The van der Waals surface area contributed by atoms with Crippen LogP contribution in [-0.4, -0.2) is 24.1 Å². The van der Waals surface area contributed by atoms with E-state index in [1.54, 1.807) is 30.3 Å². The summed E-state index contributed by atoms with van der Waals surface area (Å²) in [6.45, 7) is 3.85. The lowest BCUT2D eigenvalue weighted by atomic mass is 10.0. The molecule has 0 aliphatic carbocycles. The van der Waals surface area contributed by atoms with Gasteiger partial charge in [0, 0.05) is 26.7 Å². The van der Waals surface area contributed by atoms with Crippen LogP contribution in [0.4, 0.5) is 0 Å².